The van der Waals surface area contributed by atoms with Crippen molar-refractivity contribution in [2.75, 3.05) is 0 Å². The molecule has 0 aliphatic heterocycles. The summed E-state index contributed by atoms with van der Waals surface area (Å²) in [5.41, 5.74) is 8.53. The Hall–Kier alpha value is -2.61. The van der Waals surface area contributed by atoms with E-state index < -0.39 is 0 Å². The lowest BCUT2D eigenvalue weighted by Gasteiger charge is -2.22. The summed E-state index contributed by atoms with van der Waals surface area (Å²) in [6, 6.07) is 15.4. The largest absolute Gasteiger partial charge is 0.455 e. The van der Waals surface area contributed by atoms with Crippen LogP contribution in [0.3, 0.4) is 0 Å². The summed E-state index contributed by atoms with van der Waals surface area (Å²) in [6.45, 7) is 4.40. The molecule has 2 nitrogen and oxygen atoms in total. The van der Waals surface area contributed by atoms with Gasteiger partial charge in [0.2, 0.25) is 5.69 Å². The van der Waals surface area contributed by atoms with Gasteiger partial charge in [0.15, 0.2) is 6.20 Å². The molecule has 2 heterocycles. The number of pyridine rings is 1. The van der Waals surface area contributed by atoms with Crippen LogP contribution >= 0.6 is 0 Å². The van der Waals surface area contributed by atoms with Crippen LogP contribution in [0, 0.1) is 13.8 Å². The molecule has 28 heavy (non-hydrogen) atoms. The Balaban J connectivity index is 1.77. The van der Waals surface area contributed by atoms with Gasteiger partial charge in [-0.05, 0) is 55.4 Å². The van der Waals surface area contributed by atoms with Gasteiger partial charge in [-0.3, -0.25) is 0 Å². The van der Waals surface area contributed by atoms with E-state index in [-0.39, 0.29) is 0 Å². The molecule has 1 saturated carbocycles. The van der Waals surface area contributed by atoms with Gasteiger partial charge in [0.25, 0.3) is 0 Å². The summed E-state index contributed by atoms with van der Waals surface area (Å²) in [4.78, 5) is 0. The maximum atomic E-state index is 6.43. The minimum Gasteiger partial charge on any atom is -0.455 e. The SMILES string of the molecule is Cc1cc(C)c2c(oc3ccccc32)c1-c1cc(C2CCCCC2)cc[n+]1C. The quantitative estimate of drug-likeness (QED) is 0.357. The average molecular weight is 371 g/mol. The van der Waals surface area contributed by atoms with Crippen LogP contribution < -0.4 is 4.57 Å². The Morgan fingerprint density at radius 3 is 2.54 bits per heavy atom. The molecule has 5 rings (SSSR count). The number of hydrogen-bond donors (Lipinski definition) is 0. The fourth-order valence-corrected chi connectivity index (χ4v) is 5.10. The smallest absolute Gasteiger partial charge is 0.216 e. The van der Waals surface area contributed by atoms with Crippen molar-refractivity contribution in [2.24, 2.45) is 7.05 Å². The van der Waals surface area contributed by atoms with E-state index in [4.69, 9.17) is 4.42 Å². The third-order valence-electron chi connectivity index (χ3n) is 6.55. The van der Waals surface area contributed by atoms with E-state index in [9.17, 15) is 0 Å². The average Bonchev–Trinajstić information content (AvgIpc) is 3.09. The third kappa shape index (κ3) is 2.74. The lowest BCUT2D eigenvalue weighted by atomic mass is 9.84. The van der Waals surface area contributed by atoms with Crippen LogP contribution in [0.15, 0.2) is 53.1 Å². The zero-order valence-electron chi connectivity index (χ0n) is 17.1. The Labute approximate surface area is 166 Å². The van der Waals surface area contributed by atoms with Crippen LogP contribution in [-0.4, -0.2) is 0 Å². The van der Waals surface area contributed by atoms with Crippen LogP contribution in [0.4, 0.5) is 0 Å². The number of furan rings is 1. The molecule has 0 amide bonds. The van der Waals surface area contributed by atoms with Crippen molar-refractivity contribution in [3.05, 3.63) is 65.4 Å². The maximum absolute atomic E-state index is 6.43. The van der Waals surface area contributed by atoms with Crippen molar-refractivity contribution >= 4 is 21.9 Å². The Bertz CT molecular complexity index is 1180. The monoisotopic (exact) mass is 370 g/mol. The fraction of sp³-hybridized carbons (Fsp3) is 0.346. The van der Waals surface area contributed by atoms with E-state index in [0.29, 0.717) is 5.92 Å². The first-order valence-corrected chi connectivity index (χ1v) is 10.5. The van der Waals surface area contributed by atoms with Gasteiger partial charge in [-0.1, -0.05) is 43.5 Å². The Morgan fingerprint density at radius 2 is 1.71 bits per heavy atom. The van der Waals surface area contributed by atoms with Gasteiger partial charge < -0.3 is 4.42 Å². The van der Waals surface area contributed by atoms with Crippen molar-refractivity contribution in [2.45, 2.75) is 51.9 Å². The lowest BCUT2D eigenvalue weighted by molar-refractivity contribution is -0.660. The predicted octanol–water partition coefficient (Wildman–Crippen LogP) is 6.74. The summed E-state index contributed by atoms with van der Waals surface area (Å²) in [5, 5.41) is 2.46. The first-order valence-electron chi connectivity index (χ1n) is 10.5. The van der Waals surface area contributed by atoms with Crippen LogP contribution in [0.25, 0.3) is 33.2 Å². The van der Waals surface area contributed by atoms with Crippen molar-refractivity contribution in [3.63, 3.8) is 0 Å². The van der Waals surface area contributed by atoms with Gasteiger partial charge in [-0.2, -0.15) is 0 Å². The molecule has 1 fully saturated rings. The minimum atomic E-state index is 0.700. The lowest BCUT2D eigenvalue weighted by Crippen LogP contribution is -2.31. The molecule has 2 heteroatoms. The highest BCUT2D eigenvalue weighted by Gasteiger charge is 2.24. The van der Waals surface area contributed by atoms with E-state index in [1.165, 1.54) is 70.8 Å². The molecule has 0 unspecified atom stereocenters. The summed E-state index contributed by atoms with van der Waals surface area (Å²) in [6.07, 6.45) is 8.98. The van der Waals surface area contributed by atoms with Gasteiger partial charge in [0.05, 0.1) is 5.56 Å². The molecule has 1 aliphatic carbocycles. The second kappa shape index (κ2) is 6.77. The second-order valence-corrected chi connectivity index (χ2v) is 8.48. The Morgan fingerprint density at radius 1 is 0.929 bits per heavy atom. The maximum Gasteiger partial charge on any atom is 0.216 e. The van der Waals surface area contributed by atoms with Crippen molar-refractivity contribution < 1.29 is 8.98 Å². The number of nitrogens with zero attached hydrogens (tertiary/aromatic N) is 1. The van der Waals surface area contributed by atoms with Gasteiger partial charge in [0, 0.05) is 22.9 Å². The van der Waals surface area contributed by atoms with E-state index in [1.54, 1.807) is 0 Å². The number of benzene rings is 2. The van der Waals surface area contributed by atoms with Gasteiger partial charge >= 0.3 is 0 Å². The summed E-state index contributed by atoms with van der Waals surface area (Å²) < 4.78 is 8.67. The molecule has 0 spiro atoms. The molecular formula is C26H28NO+. The zero-order chi connectivity index (χ0) is 19.3. The first-order chi connectivity index (χ1) is 13.6. The van der Waals surface area contributed by atoms with E-state index in [2.05, 4.69) is 74.1 Å². The number of para-hydroxylation sites is 1. The van der Waals surface area contributed by atoms with E-state index in [0.717, 1.165) is 11.2 Å². The standard InChI is InChI=1S/C26H28NO/c1-17-15-18(2)25(26-24(17)21-11-7-8-12-23(21)28-26)22-16-20(13-14-27(22)3)19-9-5-4-6-10-19/h7-8,11-16,19H,4-6,9-10H2,1-3H3/q+1. The fourth-order valence-electron chi connectivity index (χ4n) is 5.10. The van der Waals surface area contributed by atoms with Crippen LogP contribution in [0.5, 0.6) is 0 Å². The number of fused-ring (bicyclic) bond motifs is 3. The van der Waals surface area contributed by atoms with E-state index >= 15 is 0 Å². The third-order valence-corrected chi connectivity index (χ3v) is 6.55. The van der Waals surface area contributed by atoms with Crippen LogP contribution in [-0.2, 0) is 7.05 Å². The molecule has 142 valence electrons. The molecule has 0 radical (unpaired) electrons. The second-order valence-electron chi connectivity index (χ2n) is 8.48. The van der Waals surface area contributed by atoms with Gasteiger partial charge in [-0.25, -0.2) is 4.57 Å². The number of hydrogen-bond acceptors (Lipinski definition) is 1. The first kappa shape index (κ1) is 17.5. The summed E-state index contributed by atoms with van der Waals surface area (Å²) >= 11 is 0. The number of aryl methyl sites for hydroxylation is 3. The Kier molecular flexibility index (Phi) is 4.23. The van der Waals surface area contributed by atoms with Crippen molar-refractivity contribution in [1.82, 2.24) is 0 Å². The molecule has 1 aliphatic rings. The van der Waals surface area contributed by atoms with E-state index in [1.807, 2.05) is 0 Å². The van der Waals surface area contributed by atoms with Crippen molar-refractivity contribution in [1.29, 1.82) is 0 Å². The number of aromatic nitrogens is 1. The zero-order valence-corrected chi connectivity index (χ0v) is 17.1. The summed E-state index contributed by atoms with van der Waals surface area (Å²) in [5.74, 6) is 0.700. The molecular weight excluding hydrogens is 342 g/mol. The highest BCUT2D eigenvalue weighted by Crippen LogP contribution is 2.40. The molecule has 2 aromatic heterocycles. The molecule has 0 bridgehead atoms. The molecule has 0 N–H and O–H groups in total. The van der Waals surface area contributed by atoms with Crippen molar-refractivity contribution in [3.8, 4) is 11.3 Å². The van der Waals surface area contributed by atoms with Crippen LogP contribution in [0.2, 0.25) is 0 Å². The molecule has 4 aromatic rings. The van der Waals surface area contributed by atoms with Gasteiger partial charge in [0.1, 0.15) is 18.2 Å². The highest BCUT2D eigenvalue weighted by molar-refractivity contribution is 6.11. The summed E-state index contributed by atoms with van der Waals surface area (Å²) in [7, 11) is 2.15. The molecule has 0 saturated heterocycles. The topological polar surface area (TPSA) is 17.0 Å². The normalized spacial score (nSPS) is 15.5. The van der Waals surface area contributed by atoms with Gasteiger partial charge in [-0.15, -0.1) is 0 Å². The number of rotatable bonds is 2. The van der Waals surface area contributed by atoms with Crippen LogP contribution in [0.1, 0.15) is 54.7 Å². The molecule has 0 atom stereocenters. The minimum absolute atomic E-state index is 0.700. The molecule has 2 aromatic carbocycles. The highest BCUT2D eigenvalue weighted by atomic mass is 16.3. The predicted molar refractivity (Wildman–Crippen MR) is 116 cm³/mol.